The number of carbonyl (C=O) groups is 1. The van der Waals surface area contributed by atoms with Gasteiger partial charge in [-0.25, -0.2) is 18.2 Å². The number of carboxylic acid groups (broad SMARTS) is 1. The summed E-state index contributed by atoms with van der Waals surface area (Å²) in [6, 6.07) is 7.83. The van der Waals surface area contributed by atoms with Gasteiger partial charge in [0.1, 0.15) is 0 Å². The maximum absolute atomic E-state index is 12.4. The molecule has 0 atom stereocenters. The van der Waals surface area contributed by atoms with Crippen LogP contribution >= 0.6 is 11.3 Å². The molecule has 0 saturated carbocycles. The van der Waals surface area contributed by atoms with E-state index in [0.717, 1.165) is 15.6 Å². The molecule has 1 aromatic carbocycles. The molecule has 0 saturated heterocycles. The minimum Gasteiger partial charge on any atom is -0.476 e. The Morgan fingerprint density at radius 1 is 1.38 bits per heavy atom. The topological polar surface area (TPSA) is 111 Å². The number of hydrogen-bond acceptors (Lipinski definition) is 6. The molecule has 1 heterocycles. The predicted octanol–water partition coefficient (Wildman–Crippen LogP) is 1.54. The predicted molar refractivity (Wildman–Crippen MR) is 75.8 cm³/mol. The average molecular weight is 323 g/mol. The summed E-state index contributed by atoms with van der Waals surface area (Å²) >= 11 is 0.742. The van der Waals surface area contributed by atoms with E-state index in [2.05, 4.69) is 4.98 Å². The highest BCUT2D eigenvalue weighted by molar-refractivity contribution is 7.94. The Labute approximate surface area is 124 Å². The number of thiazole rings is 1. The molecule has 0 radical (unpaired) electrons. The summed E-state index contributed by atoms with van der Waals surface area (Å²) in [7, 11) is -2.71. The fraction of sp³-hybridized carbons (Fsp3) is 0.0833. The first-order valence-electron chi connectivity index (χ1n) is 5.54. The molecule has 0 aliphatic heterocycles. The first kappa shape index (κ1) is 15.0. The standard InChI is InChI=1S/C12H9N3O4S2/c1-15(9-4-2-8(6-13)3-5-9)21(18,19)12-10(11(16)17)14-7-20-12/h2-5,7H,1H3,(H,16,17). The van der Waals surface area contributed by atoms with E-state index in [4.69, 9.17) is 10.4 Å². The van der Waals surface area contributed by atoms with Gasteiger partial charge in [-0.15, -0.1) is 11.3 Å². The second-order valence-electron chi connectivity index (χ2n) is 3.92. The van der Waals surface area contributed by atoms with Gasteiger partial charge in [0.15, 0.2) is 9.90 Å². The zero-order valence-corrected chi connectivity index (χ0v) is 12.3. The summed E-state index contributed by atoms with van der Waals surface area (Å²) < 4.78 is 25.5. The molecular formula is C12H9N3O4S2. The number of aromatic nitrogens is 1. The van der Waals surface area contributed by atoms with Crippen molar-refractivity contribution in [2.75, 3.05) is 11.4 Å². The fourth-order valence-electron chi connectivity index (χ4n) is 1.57. The highest BCUT2D eigenvalue weighted by Gasteiger charge is 2.29. The Bertz CT molecular complexity index is 819. The van der Waals surface area contributed by atoms with E-state index in [1.807, 2.05) is 6.07 Å². The molecule has 0 aliphatic rings. The van der Waals surface area contributed by atoms with Gasteiger partial charge in [0.2, 0.25) is 0 Å². The van der Waals surface area contributed by atoms with Crippen LogP contribution in [0.15, 0.2) is 34.0 Å². The lowest BCUT2D eigenvalue weighted by atomic mass is 10.2. The summed E-state index contributed by atoms with van der Waals surface area (Å²) in [6.45, 7) is 0. The zero-order valence-electron chi connectivity index (χ0n) is 10.7. The Balaban J connectivity index is 2.45. The molecule has 0 bridgehead atoms. The van der Waals surface area contributed by atoms with Gasteiger partial charge >= 0.3 is 5.97 Å². The molecule has 0 unspecified atom stereocenters. The maximum Gasteiger partial charge on any atom is 0.356 e. The van der Waals surface area contributed by atoms with Crippen LogP contribution in [0.5, 0.6) is 0 Å². The average Bonchev–Trinajstić information content (AvgIpc) is 2.97. The van der Waals surface area contributed by atoms with E-state index in [1.165, 1.54) is 36.8 Å². The molecule has 0 amide bonds. The van der Waals surface area contributed by atoms with E-state index < -0.39 is 21.7 Å². The van der Waals surface area contributed by atoms with Gasteiger partial charge in [-0.3, -0.25) is 4.31 Å². The summed E-state index contributed by atoms with van der Waals surface area (Å²) in [5.41, 5.74) is 1.39. The van der Waals surface area contributed by atoms with Crippen molar-refractivity contribution in [3.8, 4) is 6.07 Å². The van der Waals surface area contributed by atoms with Crippen molar-refractivity contribution >= 4 is 33.0 Å². The first-order valence-corrected chi connectivity index (χ1v) is 7.85. The van der Waals surface area contributed by atoms with Gasteiger partial charge in [-0.1, -0.05) is 0 Å². The van der Waals surface area contributed by atoms with Crippen LogP contribution in [-0.2, 0) is 10.0 Å². The highest BCUT2D eigenvalue weighted by atomic mass is 32.2. The number of benzene rings is 1. The third kappa shape index (κ3) is 2.72. The van der Waals surface area contributed by atoms with Crippen LogP contribution < -0.4 is 4.31 Å². The highest BCUT2D eigenvalue weighted by Crippen LogP contribution is 2.27. The molecule has 1 aromatic heterocycles. The minimum absolute atomic E-state index is 0.318. The van der Waals surface area contributed by atoms with Gasteiger partial charge in [0, 0.05) is 7.05 Å². The van der Waals surface area contributed by atoms with Crippen LogP contribution in [0.3, 0.4) is 0 Å². The summed E-state index contributed by atoms with van der Waals surface area (Å²) in [6.07, 6.45) is 0. The number of carboxylic acids is 1. The largest absolute Gasteiger partial charge is 0.476 e. The number of nitrogens with zero attached hydrogens (tertiary/aromatic N) is 3. The van der Waals surface area contributed by atoms with Gasteiger partial charge in [-0.2, -0.15) is 5.26 Å². The Morgan fingerprint density at radius 2 is 2.00 bits per heavy atom. The second kappa shape index (κ2) is 5.51. The zero-order chi connectivity index (χ0) is 15.6. The summed E-state index contributed by atoms with van der Waals surface area (Å²) in [5.74, 6) is -1.40. The van der Waals surface area contributed by atoms with Gasteiger partial charge in [0.05, 0.1) is 22.8 Å². The van der Waals surface area contributed by atoms with Crippen LogP contribution in [0, 0.1) is 11.3 Å². The van der Waals surface area contributed by atoms with Gasteiger partial charge in [0.25, 0.3) is 10.0 Å². The molecule has 2 rings (SSSR count). The quantitative estimate of drug-likeness (QED) is 0.913. The molecule has 0 spiro atoms. The monoisotopic (exact) mass is 323 g/mol. The van der Waals surface area contributed by atoms with Crippen molar-refractivity contribution in [1.82, 2.24) is 4.98 Å². The van der Waals surface area contributed by atoms with E-state index in [9.17, 15) is 13.2 Å². The minimum atomic E-state index is -4.02. The van der Waals surface area contributed by atoms with Crippen LogP contribution in [0.25, 0.3) is 0 Å². The number of hydrogen-bond donors (Lipinski definition) is 1. The molecule has 9 heteroatoms. The van der Waals surface area contributed by atoms with Crippen molar-refractivity contribution in [2.45, 2.75) is 4.21 Å². The lowest BCUT2D eigenvalue weighted by Gasteiger charge is -2.18. The van der Waals surface area contributed by atoms with Crippen molar-refractivity contribution in [2.24, 2.45) is 0 Å². The smallest absolute Gasteiger partial charge is 0.356 e. The number of sulfonamides is 1. The number of anilines is 1. The molecule has 21 heavy (non-hydrogen) atoms. The van der Waals surface area contributed by atoms with Crippen molar-refractivity contribution in [1.29, 1.82) is 5.26 Å². The SMILES string of the molecule is CN(c1ccc(C#N)cc1)S(=O)(=O)c1scnc1C(=O)O. The Morgan fingerprint density at radius 3 is 2.52 bits per heavy atom. The molecule has 108 valence electrons. The normalized spacial score (nSPS) is 10.9. The number of nitriles is 1. The molecule has 1 N–H and O–H groups in total. The summed E-state index contributed by atoms with van der Waals surface area (Å²) in [5, 5.41) is 17.7. The summed E-state index contributed by atoms with van der Waals surface area (Å²) in [4.78, 5) is 14.6. The van der Waals surface area contributed by atoms with Gasteiger partial charge in [-0.05, 0) is 24.3 Å². The molecule has 7 nitrogen and oxygen atoms in total. The third-order valence-corrected chi connectivity index (χ3v) is 5.82. The van der Waals surface area contributed by atoms with E-state index in [-0.39, 0.29) is 4.21 Å². The molecule has 0 aliphatic carbocycles. The van der Waals surface area contributed by atoms with Crippen LogP contribution in [0.2, 0.25) is 0 Å². The number of rotatable bonds is 4. The van der Waals surface area contributed by atoms with Crippen LogP contribution in [0.4, 0.5) is 5.69 Å². The first-order chi connectivity index (χ1) is 9.87. The molecule has 2 aromatic rings. The fourth-order valence-corrected chi connectivity index (χ4v) is 4.06. The molecular weight excluding hydrogens is 314 g/mol. The van der Waals surface area contributed by atoms with Gasteiger partial charge < -0.3 is 5.11 Å². The van der Waals surface area contributed by atoms with Crippen molar-refractivity contribution in [3.05, 3.63) is 41.0 Å². The lowest BCUT2D eigenvalue weighted by molar-refractivity contribution is 0.0687. The molecule has 0 fully saturated rings. The second-order valence-corrected chi connectivity index (χ2v) is 6.94. The number of aromatic carboxylic acids is 1. The van der Waals surface area contributed by atoms with Crippen LogP contribution in [-0.4, -0.2) is 31.5 Å². The third-order valence-electron chi connectivity index (χ3n) is 2.69. The van der Waals surface area contributed by atoms with E-state index in [0.29, 0.717) is 11.3 Å². The van der Waals surface area contributed by atoms with E-state index in [1.54, 1.807) is 0 Å². The Kier molecular flexibility index (Phi) is 3.93. The lowest BCUT2D eigenvalue weighted by Crippen LogP contribution is -2.27. The maximum atomic E-state index is 12.4. The Hall–Kier alpha value is -2.44. The van der Waals surface area contributed by atoms with Crippen LogP contribution in [0.1, 0.15) is 16.1 Å². The van der Waals surface area contributed by atoms with E-state index >= 15 is 0 Å². The van der Waals surface area contributed by atoms with Crippen molar-refractivity contribution in [3.63, 3.8) is 0 Å². The van der Waals surface area contributed by atoms with Crippen molar-refractivity contribution < 1.29 is 18.3 Å².